The smallest absolute Gasteiger partial charge is 0.222 e. The number of nitrogens with one attached hydrogen (secondary N) is 1. The van der Waals surface area contributed by atoms with Gasteiger partial charge in [-0.15, -0.1) is 0 Å². The molecule has 1 heterocycles. The van der Waals surface area contributed by atoms with Crippen LogP contribution in [0.2, 0.25) is 5.02 Å². The predicted molar refractivity (Wildman–Crippen MR) is 60.9 cm³/mol. The molecule has 1 rings (SSSR count). The summed E-state index contributed by atoms with van der Waals surface area (Å²) in [5.41, 5.74) is 0. The summed E-state index contributed by atoms with van der Waals surface area (Å²) < 4.78 is 10.1. The molecule has 0 aliphatic rings. The molecule has 0 spiro atoms. The van der Waals surface area contributed by atoms with E-state index in [-0.39, 0.29) is 5.91 Å². The zero-order chi connectivity index (χ0) is 12.0. The van der Waals surface area contributed by atoms with E-state index in [1.54, 1.807) is 19.2 Å². The second-order valence-electron chi connectivity index (χ2n) is 3.00. The molecule has 0 unspecified atom stereocenters. The van der Waals surface area contributed by atoms with Crippen molar-refractivity contribution < 1.29 is 14.3 Å². The monoisotopic (exact) mass is 244 g/mol. The summed E-state index contributed by atoms with van der Waals surface area (Å²) in [7, 11) is 1.58. The average molecular weight is 245 g/mol. The Balaban J connectivity index is 2.69. The second-order valence-corrected chi connectivity index (χ2v) is 3.41. The van der Waals surface area contributed by atoms with E-state index in [2.05, 4.69) is 10.3 Å². The van der Waals surface area contributed by atoms with Crippen molar-refractivity contribution in [3.63, 3.8) is 0 Å². The summed E-state index contributed by atoms with van der Waals surface area (Å²) in [5, 5.41) is 2.88. The normalized spacial score (nSPS) is 9.94. The SMILES string of the molecule is COCCOc1ccc(Cl)c(NC(C)=O)n1. The first kappa shape index (κ1) is 12.7. The minimum atomic E-state index is -0.233. The van der Waals surface area contributed by atoms with Gasteiger partial charge in [-0.25, -0.2) is 0 Å². The summed E-state index contributed by atoms with van der Waals surface area (Å²) in [6.45, 7) is 2.25. The van der Waals surface area contributed by atoms with Crippen molar-refractivity contribution in [2.24, 2.45) is 0 Å². The number of ether oxygens (including phenoxy) is 2. The van der Waals surface area contributed by atoms with Crippen molar-refractivity contribution in [1.82, 2.24) is 4.98 Å². The van der Waals surface area contributed by atoms with Crippen LogP contribution in [-0.2, 0) is 9.53 Å². The number of carbonyl (C=O) groups is 1. The molecule has 1 aromatic rings. The summed E-state index contributed by atoms with van der Waals surface area (Å²) in [5.74, 6) is 0.456. The molecule has 1 N–H and O–H groups in total. The van der Waals surface area contributed by atoms with Gasteiger partial charge in [-0.05, 0) is 6.07 Å². The van der Waals surface area contributed by atoms with Crippen LogP contribution in [0.4, 0.5) is 5.82 Å². The Labute approximate surface area is 98.7 Å². The van der Waals surface area contributed by atoms with E-state index in [1.165, 1.54) is 6.92 Å². The van der Waals surface area contributed by atoms with Gasteiger partial charge >= 0.3 is 0 Å². The molecule has 6 heteroatoms. The fourth-order valence-electron chi connectivity index (χ4n) is 0.989. The third-order valence-electron chi connectivity index (χ3n) is 1.65. The lowest BCUT2D eigenvalue weighted by Gasteiger charge is -2.08. The van der Waals surface area contributed by atoms with Crippen molar-refractivity contribution in [3.05, 3.63) is 17.2 Å². The van der Waals surface area contributed by atoms with E-state index >= 15 is 0 Å². The van der Waals surface area contributed by atoms with Gasteiger partial charge in [0.15, 0.2) is 5.82 Å². The molecular weight excluding hydrogens is 232 g/mol. The molecule has 0 aliphatic heterocycles. The first-order valence-corrected chi connectivity index (χ1v) is 5.07. The van der Waals surface area contributed by atoms with Gasteiger partial charge in [-0.1, -0.05) is 11.6 Å². The molecule has 88 valence electrons. The molecular formula is C10H13ClN2O3. The third-order valence-corrected chi connectivity index (χ3v) is 1.96. The number of hydrogen-bond acceptors (Lipinski definition) is 4. The summed E-state index contributed by atoms with van der Waals surface area (Å²) in [4.78, 5) is 14.9. The standard InChI is InChI=1S/C10H13ClN2O3/c1-7(14)12-10-8(11)3-4-9(13-10)16-6-5-15-2/h3-4H,5-6H2,1-2H3,(H,12,13,14). The topological polar surface area (TPSA) is 60.5 Å². The second kappa shape index (κ2) is 6.30. The Bertz CT molecular complexity index is 371. The first-order valence-electron chi connectivity index (χ1n) is 4.69. The summed E-state index contributed by atoms with van der Waals surface area (Å²) in [6.07, 6.45) is 0. The maximum Gasteiger partial charge on any atom is 0.222 e. The zero-order valence-corrected chi connectivity index (χ0v) is 9.87. The van der Waals surface area contributed by atoms with Crippen LogP contribution < -0.4 is 10.1 Å². The molecule has 1 amide bonds. The van der Waals surface area contributed by atoms with Crippen molar-refractivity contribution >= 4 is 23.3 Å². The molecule has 0 aromatic carbocycles. The fraction of sp³-hybridized carbons (Fsp3) is 0.400. The van der Waals surface area contributed by atoms with Crippen LogP contribution in [-0.4, -0.2) is 31.2 Å². The quantitative estimate of drug-likeness (QED) is 0.802. The number of methoxy groups -OCH3 is 1. The lowest BCUT2D eigenvalue weighted by Crippen LogP contribution is -2.10. The van der Waals surface area contributed by atoms with E-state index in [0.29, 0.717) is 29.9 Å². The molecule has 0 saturated heterocycles. The van der Waals surface area contributed by atoms with Gasteiger partial charge in [-0.3, -0.25) is 4.79 Å². The molecule has 5 nitrogen and oxygen atoms in total. The minimum absolute atomic E-state index is 0.233. The Morgan fingerprint density at radius 2 is 2.25 bits per heavy atom. The van der Waals surface area contributed by atoms with Gasteiger partial charge in [0.2, 0.25) is 11.8 Å². The highest BCUT2D eigenvalue weighted by Gasteiger charge is 2.06. The highest BCUT2D eigenvalue weighted by atomic mass is 35.5. The lowest BCUT2D eigenvalue weighted by molar-refractivity contribution is -0.114. The van der Waals surface area contributed by atoms with Crippen LogP contribution in [0.15, 0.2) is 12.1 Å². The van der Waals surface area contributed by atoms with Crippen LogP contribution in [0.3, 0.4) is 0 Å². The van der Waals surface area contributed by atoms with E-state index in [9.17, 15) is 4.79 Å². The average Bonchev–Trinajstić information content (AvgIpc) is 2.22. The molecule has 0 radical (unpaired) electrons. The number of amides is 1. The third kappa shape index (κ3) is 4.04. The Morgan fingerprint density at radius 3 is 2.88 bits per heavy atom. The highest BCUT2D eigenvalue weighted by molar-refractivity contribution is 6.33. The van der Waals surface area contributed by atoms with E-state index < -0.39 is 0 Å². The van der Waals surface area contributed by atoms with Crippen LogP contribution >= 0.6 is 11.6 Å². The zero-order valence-electron chi connectivity index (χ0n) is 9.12. The first-order chi connectivity index (χ1) is 7.63. The van der Waals surface area contributed by atoms with Crippen molar-refractivity contribution in [1.29, 1.82) is 0 Å². The molecule has 0 atom stereocenters. The lowest BCUT2D eigenvalue weighted by atomic mass is 10.4. The van der Waals surface area contributed by atoms with Crippen LogP contribution in [0, 0.1) is 0 Å². The molecule has 0 aliphatic carbocycles. The number of nitrogens with zero attached hydrogens (tertiary/aromatic N) is 1. The molecule has 0 saturated carbocycles. The van der Waals surface area contributed by atoms with Crippen molar-refractivity contribution in [3.8, 4) is 5.88 Å². The van der Waals surface area contributed by atoms with Gasteiger partial charge in [0.1, 0.15) is 6.61 Å². The van der Waals surface area contributed by atoms with Gasteiger partial charge in [0.05, 0.1) is 11.6 Å². The highest BCUT2D eigenvalue weighted by Crippen LogP contribution is 2.22. The van der Waals surface area contributed by atoms with Gasteiger partial charge in [0.25, 0.3) is 0 Å². The van der Waals surface area contributed by atoms with E-state index in [0.717, 1.165) is 0 Å². The maximum absolute atomic E-state index is 10.9. The number of rotatable bonds is 5. The maximum atomic E-state index is 10.9. The molecule has 0 bridgehead atoms. The number of anilines is 1. The Kier molecular flexibility index (Phi) is 5.01. The Morgan fingerprint density at radius 1 is 1.50 bits per heavy atom. The van der Waals surface area contributed by atoms with E-state index in [4.69, 9.17) is 21.1 Å². The van der Waals surface area contributed by atoms with Crippen LogP contribution in [0.5, 0.6) is 5.88 Å². The van der Waals surface area contributed by atoms with Crippen molar-refractivity contribution in [2.75, 3.05) is 25.6 Å². The fourth-order valence-corrected chi connectivity index (χ4v) is 1.14. The van der Waals surface area contributed by atoms with E-state index in [1.807, 2.05) is 0 Å². The molecule has 1 aromatic heterocycles. The van der Waals surface area contributed by atoms with Crippen LogP contribution in [0.1, 0.15) is 6.92 Å². The summed E-state index contributed by atoms with van der Waals surface area (Å²) >= 11 is 5.84. The molecule has 16 heavy (non-hydrogen) atoms. The number of hydrogen-bond donors (Lipinski definition) is 1. The minimum Gasteiger partial charge on any atom is -0.475 e. The number of halogens is 1. The predicted octanol–water partition coefficient (Wildman–Crippen LogP) is 1.72. The molecule has 0 fully saturated rings. The largest absolute Gasteiger partial charge is 0.475 e. The van der Waals surface area contributed by atoms with Gasteiger partial charge in [-0.2, -0.15) is 4.98 Å². The van der Waals surface area contributed by atoms with Crippen molar-refractivity contribution in [2.45, 2.75) is 6.92 Å². The number of pyridine rings is 1. The number of aromatic nitrogens is 1. The summed E-state index contributed by atoms with van der Waals surface area (Å²) in [6, 6.07) is 3.24. The van der Waals surface area contributed by atoms with Gasteiger partial charge in [0, 0.05) is 20.1 Å². The van der Waals surface area contributed by atoms with Crippen LogP contribution in [0.25, 0.3) is 0 Å². The van der Waals surface area contributed by atoms with Gasteiger partial charge < -0.3 is 14.8 Å². The number of carbonyl (C=O) groups excluding carboxylic acids is 1. The Hall–Kier alpha value is -1.33.